The molecule has 0 spiro atoms. The summed E-state index contributed by atoms with van der Waals surface area (Å²) < 4.78 is 12.2. The van der Waals surface area contributed by atoms with Crippen LogP contribution in [-0.4, -0.2) is 22.8 Å². The molecule has 17 aromatic rings. The molecule has 79 heavy (non-hydrogen) atoms. The standard InChI is InChI=1S/C74H47N5/c1-2-22-52(23-3-1)77-71-38-34-57-46-65(71)66-47-58(35-39-72(66)77)76(56-37-41-74-64(45-56)62-29-9-11-31-70(62)79(74)68-33-15-19-49-17-5-7-27-60(49)68)54-25-13-21-51(43-54)50-20-12-24-53(42-50)75(57)55-36-40-73-63(44-55)61-28-8-10-30-69(61)78(73)67-32-14-18-48-16-4-6-26-59(48)67/h1-47H. The van der Waals surface area contributed by atoms with Crippen LogP contribution in [0.15, 0.2) is 285 Å². The summed E-state index contributed by atoms with van der Waals surface area (Å²) in [7, 11) is 0. The van der Waals surface area contributed by atoms with E-state index in [2.05, 4.69) is 308 Å². The first kappa shape index (κ1) is 43.6. The average molecular weight is 1010 g/mol. The Balaban J connectivity index is 0.959. The summed E-state index contributed by atoms with van der Waals surface area (Å²) >= 11 is 0. The zero-order valence-electron chi connectivity index (χ0n) is 42.9. The van der Waals surface area contributed by atoms with E-state index in [9.17, 15) is 0 Å². The van der Waals surface area contributed by atoms with Crippen LogP contribution in [0.4, 0.5) is 0 Å². The van der Waals surface area contributed by atoms with Gasteiger partial charge in [0.2, 0.25) is 0 Å². The summed E-state index contributed by atoms with van der Waals surface area (Å²) in [6.07, 6.45) is 0. The van der Waals surface area contributed by atoms with E-state index in [1.807, 2.05) is 0 Å². The molecule has 0 unspecified atom stereocenters. The van der Waals surface area contributed by atoms with Crippen molar-refractivity contribution in [3.05, 3.63) is 285 Å². The largest absolute Gasteiger partial charge is 0.310 e. The van der Waals surface area contributed by atoms with Gasteiger partial charge in [0.15, 0.2) is 0 Å². The molecular weight excluding hydrogens is 959 g/mol. The van der Waals surface area contributed by atoms with Crippen molar-refractivity contribution < 1.29 is 0 Å². The summed E-state index contributed by atoms with van der Waals surface area (Å²) in [4.78, 5) is 0. The molecule has 0 amide bonds. The van der Waals surface area contributed by atoms with Crippen LogP contribution >= 0.6 is 0 Å². The molecule has 0 radical (unpaired) electrons. The molecule has 17 rings (SSSR count). The van der Waals surface area contributed by atoms with E-state index in [-0.39, 0.29) is 0 Å². The molecule has 0 saturated carbocycles. The van der Waals surface area contributed by atoms with Crippen molar-refractivity contribution in [2.75, 3.05) is 0 Å². The van der Waals surface area contributed by atoms with Gasteiger partial charge in [0.1, 0.15) is 0 Å². The minimum absolute atomic E-state index is 1.08. The zero-order chi connectivity index (χ0) is 51.7. The number of nitrogens with zero attached hydrogens (tertiary/aromatic N) is 5. The molecule has 5 heteroatoms. The highest BCUT2D eigenvalue weighted by atomic mass is 15.0. The third-order valence-electron chi connectivity index (χ3n) is 16.6. The molecule has 4 aromatic heterocycles. The van der Waals surface area contributed by atoms with Crippen molar-refractivity contribution in [3.8, 4) is 28.4 Å². The van der Waals surface area contributed by atoms with E-state index in [4.69, 9.17) is 0 Å². The lowest BCUT2D eigenvalue weighted by Gasteiger charge is -2.15. The van der Waals surface area contributed by atoms with Crippen LogP contribution < -0.4 is 0 Å². The van der Waals surface area contributed by atoms with Crippen LogP contribution in [0.25, 0.3) is 148 Å². The number of hydrogen-bond acceptors (Lipinski definition) is 0. The van der Waals surface area contributed by atoms with Gasteiger partial charge >= 0.3 is 0 Å². The van der Waals surface area contributed by atoms with Crippen molar-refractivity contribution in [2.24, 2.45) is 0 Å². The molecule has 13 aromatic carbocycles. The summed E-state index contributed by atoms with van der Waals surface area (Å²) in [6, 6.07) is 105. The van der Waals surface area contributed by atoms with Gasteiger partial charge in [-0.25, -0.2) is 0 Å². The number of hydrogen-bond donors (Lipinski definition) is 0. The number of fused-ring (bicyclic) bond motifs is 15. The molecule has 368 valence electrons. The summed E-state index contributed by atoms with van der Waals surface area (Å²) in [6.45, 7) is 0. The number of rotatable bonds is 5. The lowest BCUT2D eigenvalue weighted by Crippen LogP contribution is -1.99. The van der Waals surface area contributed by atoms with Crippen molar-refractivity contribution >= 4 is 120 Å². The van der Waals surface area contributed by atoms with Crippen LogP contribution in [0.2, 0.25) is 0 Å². The van der Waals surface area contributed by atoms with Gasteiger partial charge in [-0.05, 0) is 155 Å². The smallest absolute Gasteiger partial charge is 0.0542 e. The van der Waals surface area contributed by atoms with Crippen molar-refractivity contribution in [2.45, 2.75) is 0 Å². The zero-order valence-corrected chi connectivity index (χ0v) is 42.9. The van der Waals surface area contributed by atoms with Gasteiger partial charge in [-0.2, -0.15) is 0 Å². The number of para-hydroxylation sites is 3. The van der Waals surface area contributed by atoms with Crippen LogP contribution in [0, 0.1) is 0 Å². The van der Waals surface area contributed by atoms with Crippen molar-refractivity contribution in [3.63, 3.8) is 0 Å². The Morgan fingerprint density at radius 3 is 1.03 bits per heavy atom. The molecule has 8 bridgehead atoms. The Labute approximate surface area is 453 Å². The molecule has 0 fully saturated rings. The maximum Gasteiger partial charge on any atom is 0.0542 e. The second kappa shape index (κ2) is 16.9. The minimum Gasteiger partial charge on any atom is -0.310 e. The molecule has 4 heterocycles. The van der Waals surface area contributed by atoms with E-state index < -0.39 is 0 Å². The Kier molecular flexibility index (Phi) is 9.35. The second-order valence-corrected chi connectivity index (χ2v) is 20.9. The minimum atomic E-state index is 1.08. The topological polar surface area (TPSA) is 24.6 Å². The fraction of sp³-hybridized carbons (Fsp3) is 0. The van der Waals surface area contributed by atoms with Crippen LogP contribution in [0.1, 0.15) is 0 Å². The molecule has 0 aliphatic rings. The van der Waals surface area contributed by atoms with E-state index >= 15 is 0 Å². The van der Waals surface area contributed by atoms with Gasteiger partial charge in [-0.1, -0.05) is 152 Å². The first-order valence-corrected chi connectivity index (χ1v) is 27.2. The quantitative estimate of drug-likeness (QED) is 0.164. The SMILES string of the molecule is c1ccc(-n2c3ccc4cc3c3cc(ccc32)n(-c2ccc3c(c2)c2ccccc2n3-c2cccc3ccccc23)c2cccc(c2)c2cccc(c2)n4-c2ccc3c(c2)c2ccccc2n3-c2cccc3ccccc23)cc1. The van der Waals surface area contributed by atoms with E-state index in [1.54, 1.807) is 0 Å². The van der Waals surface area contributed by atoms with E-state index in [0.29, 0.717) is 0 Å². The van der Waals surface area contributed by atoms with Crippen LogP contribution in [-0.2, 0) is 0 Å². The third-order valence-corrected chi connectivity index (χ3v) is 16.6. The predicted molar refractivity (Wildman–Crippen MR) is 333 cm³/mol. The molecule has 0 atom stereocenters. The fourth-order valence-corrected chi connectivity index (χ4v) is 13.2. The highest BCUT2D eigenvalue weighted by Crippen LogP contribution is 2.41. The summed E-state index contributed by atoms with van der Waals surface area (Å²) in [5.41, 5.74) is 16.9. The van der Waals surface area contributed by atoms with Gasteiger partial charge in [-0.15, -0.1) is 0 Å². The third kappa shape index (κ3) is 6.57. The molecule has 0 aliphatic heterocycles. The van der Waals surface area contributed by atoms with E-state index in [1.165, 1.54) is 87.3 Å². The first-order chi connectivity index (χ1) is 39.2. The van der Waals surface area contributed by atoms with Gasteiger partial charge in [-0.3, -0.25) is 0 Å². The lowest BCUT2D eigenvalue weighted by atomic mass is 10.1. The Bertz CT molecular complexity index is 5120. The monoisotopic (exact) mass is 1010 g/mol. The highest BCUT2D eigenvalue weighted by molar-refractivity contribution is 6.15. The number of benzene rings is 13. The Hall–Kier alpha value is -10.6. The normalized spacial score (nSPS) is 12.1. The Morgan fingerprint density at radius 2 is 0.519 bits per heavy atom. The van der Waals surface area contributed by atoms with Gasteiger partial charge in [0.05, 0.1) is 44.5 Å². The van der Waals surface area contributed by atoms with Gasteiger partial charge in [0, 0.05) is 82.2 Å². The molecule has 5 nitrogen and oxygen atoms in total. The maximum atomic E-state index is 2.45. The van der Waals surface area contributed by atoms with Crippen molar-refractivity contribution in [1.29, 1.82) is 0 Å². The van der Waals surface area contributed by atoms with E-state index in [0.717, 1.165) is 60.9 Å². The molecule has 0 aliphatic carbocycles. The van der Waals surface area contributed by atoms with Crippen LogP contribution in [0.3, 0.4) is 0 Å². The van der Waals surface area contributed by atoms with Gasteiger partial charge in [0.25, 0.3) is 0 Å². The fourth-order valence-electron chi connectivity index (χ4n) is 13.2. The van der Waals surface area contributed by atoms with Gasteiger partial charge < -0.3 is 22.8 Å². The lowest BCUT2D eigenvalue weighted by molar-refractivity contribution is 1.15. The number of aromatic nitrogens is 5. The Morgan fingerprint density at radius 1 is 0.165 bits per heavy atom. The summed E-state index contributed by atoms with van der Waals surface area (Å²) in [5, 5.41) is 14.4. The average Bonchev–Trinajstić information content (AvgIpc) is 4.35. The predicted octanol–water partition coefficient (Wildman–Crippen LogP) is 19.4. The molecule has 0 N–H and O–H groups in total. The second-order valence-electron chi connectivity index (χ2n) is 20.9. The summed E-state index contributed by atoms with van der Waals surface area (Å²) in [5.74, 6) is 0. The highest BCUT2D eigenvalue weighted by Gasteiger charge is 2.20. The maximum absolute atomic E-state index is 2.45. The molecular formula is C74H47N5. The first-order valence-electron chi connectivity index (χ1n) is 27.2. The van der Waals surface area contributed by atoms with Crippen molar-refractivity contribution in [1.82, 2.24) is 22.8 Å². The molecule has 0 saturated heterocycles. The van der Waals surface area contributed by atoms with Crippen LogP contribution in [0.5, 0.6) is 0 Å².